The Balaban J connectivity index is 1.61. The van der Waals surface area contributed by atoms with Crippen LogP contribution in [0.2, 0.25) is 0 Å². The first-order valence-electron chi connectivity index (χ1n) is 8.16. The second-order valence-corrected chi connectivity index (χ2v) is 6.28. The lowest BCUT2D eigenvalue weighted by Crippen LogP contribution is -2.52. The van der Waals surface area contributed by atoms with Crippen molar-refractivity contribution >= 4 is 11.9 Å². The maximum Gasteiger partial charge on any atom is 0.435 e. The summed E-state index contributed by atoms with van der Waals surface area (Å²) < 4.78 is 15.0. The fourth-order valence-electron chi connectivity index (χ4n) is 3.12. The van der Waals surface area contributed by atoms with Crippen molar-refractivity contribution in [1.82, 2.24) is 29.9 Å². The average Bonchev–Trinajstić information content (AvgIpc) is 3.26. The van der Waals surface area contributed by atoms with Crippen LogP contribution in [0.5, 0.6) is 0 Å². The molecule has 0 bridgehead atoms. The van der Waals surface area contributed by atoms with Gasteiger partial charge >= 0.3 is 5.95 Å². The molecule has 4 atom stereocenters. The van der Waals surface area contributed by atoms with Gasteiger partial charge in [0, 0.05) is 6.42 Å². The van der Waals surface area contributed by atoms with E-state index in [9.17, 15) is 29.5 Å². The molecular formula is C14H18FN7O5. The highest BCUT2D eigenvalue weighted by Crippen LogP contribution is 2.29. The van der Waals surface area contributed by atoms with Crippen LogP contribution in [0.4, 0.5) is 10.3 Å². The first-order chi connectivity index (χ1) is 12.9. The van der Waals surface area contributed by atoms with Crippen molar-refractivity contribution in [3.05, 3.63) is 34.4 Å². The summed E-state index contributed by atoms with van der Waals surface area (Å²) in [6.45, 7) is -1.13. The van der Waals surface area contributed by atoms with Gasteiger partial charge in [0.1, 0.15) is 24.8 Å². The second-order valence-electron chi connectivity index (χ2n) is 6.28. The van der Waals surface area contributed by atoms with Gasteiger partial charge in [0.05, 0.1) is 30.5 Å². The molecule has 3 rings (SSSR count). The lowest BCUT2D eigenvalue weighted by atomic mass is 9.86. The molecule has 1 amide bonds. The first kappa shape index (κ1) is 18.8. The summed E-state index contributed by atoms with van der Waals surface area (Å²) >= 11 is 0. The smallest absolute Gasteiger partial charge is 0.391 e. The van der Waals surface area contributed by atoms with Crippen LogP contribution in [0.1, 0.15) is 24.6 Å². The van der Waals surface area contributed by atoms with Gasteiger partial charge in [0.15, 0.2) is 6.54 Å². The van der Waals surface area contributed by atoms with Crippen LogP contribution in [0, 0.1) is 10.1 Å². The molecule has 12 nitrogen and oxygen atoms in total. The molecule has 146 valence electrons. The fourth-order valence-corrected chi connectivity index (χ4v) is 3.12. The van der Waals surface area contributed by atoms with Crippen molar-refractivity contribution in [1.29, 1.82) is 0 Å². The lowest BCUT2D eigenvalue weighted by Gasteiger charge is -2.36. The summed E-state index contributed by atoms with van der Waals surface area (Å²) in [7, 11) is 0. The summed E-state index contributed by atoms with van der Waals surface area (Å²) in [5.74, 6) is -1.03. The number of hydrogen-bond donors (Lipinski definition) is 3. The largest absolute Gasteiger partial charge is 0.435 e. The van der Waals surface area contributed by atoms with E-state index < -0.39 is 47.7 Å². The zero-order chi connectivity index (χ0) is 19.6. The standard InChI is InChI=1S/C14H18FN7O5/c15-5-8-6-21(19-18-8)10-4-11(23)9(3-12(10)24)17-13(25)7-20-2-1-16-14(20)22(26)27/h1-2,6,9-12,23-24H,3-5,7H2,(H,17,25). The lowest BCUT2D eigenvalue weighted by molar-refractivity contribution is -0.396. The Morgan fingerprint density at radius 3 is 2.85 bits per heavy atom. The van der Waals surface area contributed by atoms with Gasteiger partial charge in [-0.3, -0.25) is 4.79 Å². The monoisotopic (exact) mass is 383 g/mol. The number of imidazole rings is 1. The Morgan fingerprint density at radius 1 is 1.41 bits per heavy atom. The van der Waals surface area contributed by atoms with E-state index in [1.54, 1.807) is 0 Å². The number of nitrogens with one attached hydrogen (secondary N) is 1. The number of aliphatic hydroxyl groups excluding tert-OH is 2. The predicted molar refractivity (Wildman–Crippen MR) is 85.9 cm³/mol. The van der Waals surface area contributed by atoms with E-state index in [0.29, 0.717) is 0 Å². The van der Waals surface area contributed by atoms with Gasteiger partial charge in [-0.2, -0.15) is 0 Å². The van der Waals surface area contributed by atoms with Gasteiger partial charge in [-0.05, 0) is 11.3 Å². The van der Waals surface area contributed by atoms with E-state index in [0.717, 1.165) is 4.57 Å². The molecule has 0 aromatic carbocycles. The number of hydrogen-bond acceptors (Lipinski definition) is 8. The van der Waals surface area contributed by atoms with Gasteiger partial charge in [-0.25, -0.2) is 13.6 Å². The predicted octanol–water partition coefficient (Wildman–Crippen LogP) is -0.906. The van der Waals surface area contributed by atoms with Crippen LogP contribution in [-0.2, 0) is 18.0 Å². The third kappa shape index (κ3) is 4.09. The van der Waals surface area contributed by atoms with Crippen LogP contribution in [0.3, 0.4) is 0 Å². The highest BCUT2D eigenvalue weighted by molar-refractivity contribution is 5.76. The van der Waals surface area contributed by atoms with Crippen LogP contribution >= 0.6 is 0 Å². The van der Waals surface area contributed by atoms with Crippen molar-refractivity contribution in [2.75, 3.05) is 0 Å². The molecule has 0 saturated heterocycles. The molecule has 1 fully saturated rings. The zero-order valence-electron chi connectivity index (χ0n) is 14.1. The van der Waals surface area contributed by atoms with Crippen molar-refractivity contribution in [2.45, 2.75) is 50.4 Å². The number of carbonyl (C=O) groups excluding carboxylic acids is 1. The minimum absolute atomic E-state index is 0.0361. The van der Waals surface area contributed by atoms with E-state index in [1.807, 2.05) is 0 Å². The SMILES string of the molecule is O=C(Cn1ccnc1[N+](=O)[O-])NC1CC(O)C(n2cc(CF)nn2)CC1O. The quantitative estimate of drug-likeness (QED) is 0.427. The summed E-state index contributed by atoms with van der Waals surface area (Å²) in [5, 5.41) is 41.4. The topological polar surface area (TPSA) is 161 Å². The molecule has 1 aliphatic carbocycles. The molecule has 0 aliphatic heterocycles. The third-order valence-electron chi connectivity index (χ3n) is 4.44. The molecule has 13 heteroatoms. The maximum atomic E-state index is 12.6. The highest BCUT2D eigenvalue weighted by atomic mass is 19.1. The van der Waals surface area contributed by atoms with Gasteiger partial charge in [0.2, 0.25) is 0 Å². The number of aliphatic hydroxyl groups is 2. The molecule has 3 N–H and O–H groups in total. The molecule has 2 aromatic rings. The Bertz CT molecular complexity index is 824. The number of alkyl halides is 1. The van der Waals surface area contributed by atoms with E-state index in [-0.39, 0.29) is 25.1 Å². The Kier molecular flexibility index (Phi) is 5.41. The Morgan fingerprint density at radius 2 is 2.19 bits per heavy atom. The van der Waals surface area contributed by atoms with Crippen molar-refractivity contribution in [2.24, 2.45) is 0 Å². The molecule has 1 saturated carbocycles. The first-order valence-corrected chi connectivity index (χ1v) is 8.16. The number of aromatic nitrogens is 5. The summed E-state index contributed by atoms with van der Waals surface area (Å²) in [4.78, 5) is 25.8. The molecule has 2 aromatic heterocycles. The van der Waals surface area contributed by atoms with Crippen LogP contribution in [0.25, 0.3) is 0 Å². The number of rotatable bonds is 6. The number of nitrogens with zero attached hydrogens (tertiary/aromatic N) is 6. The molecule has 2 heterocycles. The van der Waals surface area contributed by atoms with E-state index in [4.69, 9.17) is 0 Å². The van der Waals surface area contributed by atoms with E-state index >= 15 is 0 Å². The van der Waals surface area contributed by atoms with E-state index in [1.165, 1.54) is 23.3 Å². The van der Waals surface area contributed by atoms with Gasteiger partial charge in [-0.1, -0.05) is 10.2 Å². The number of carbonyl (C=O) groups is 1. The van der Waals surface area contributed by atoms with Gasteiger partial charge in [0.25, 0.3) is 5.91 Å². The van der Waals surface area contributed by atoms with Gasteiger partial charge in [-0.15, -0.1) is 5.10 Å². The van der Waals surface area contributed by atoms with Crippen LogP contribution < -0.4 is 5.32 Å². The molecule has 4 unspecified atom stereocenters. The minimum atomic E-state index is -0.988. The zero-order valence-corrected chi connectivity index (χ0v) is 14.1. The van der Waals surface area contributed by atoms with Crippen LogP contribution in [0.15, 0.2) is 18.6 Å². The number of halogens is 1. The summed E-state index contributed by atoms with van der Waals surface area (Å²) in [6, 6.07) is -1.34. The molecule has 0 spiro atoms. The number of amides is 1. The third-order valence-corrected chi connectivity index (χ3v) is 4.44. The minimum Gasteiger partial charge on any atom is -0.391 e. The van der Waals surface area contributed by atoms with Gasteiger partial charge < -0.3 is 25.6 Å². The van der Waals surface area contributed by atoms with Crippen LogP contribution in [-0.4, -0.2) is 63.8 Å². The Hall–Kier alpha value is -2.93. The summed E-state index contributed by atoms with van der Waals surface area (Å²) in [6.07, 6.45) is 2.04. The normalized spacial score (nSPS) is 25.3. The molecular weight excluding hydrogens is 365 g/mol. The van der Waals surface area contributed by atoms with E-state index in [2.05, 4.69) is 20.6 Å². The second kappa shape index (κ2) is 7.75. The Labute approximate surface area is 151 Å². The van der Waals surface area contributed by atoms with Crippen molar-refractivity contribution < 1.29 is 24.3 Å². The molecule has 1 aliphatic rings. The summed E-state index contributed by atoms with van der Waals surface area (Å²) in [5.41, 5.74) is 0.119. The van der Waals surface area contributed by atoms with Crippen molar-refractivity contribution in [3.63, 3.8) is 0 Å². The maximum absolute atomic E-state index is 12.6. The molecule has 0 radical (unpaired) electrons. The fraction of sp³-hybridized carbons (Fsp3) is 0.571. The highest BCUT2D eigenvalue weighted by Gasteiger charge is 2.38. The average molecular weight is 383 g/mol. The van der Waals surface area contributed by atoms with Crippen molar-refractivity contribution in [3.8, 4) is 0 Å². The molecule has 27 heavy (non-hydrogen) atoms. The number of nitro groups is 1.